The molecule has 0 aliphatic carbocycles. The third-order valence-electron chi connectivity index (χ3n) is 4.82. The van der Waals surface area contributed by atoms with Crippen LogP contribution in [0.1, 0.15) is 0 Å². The van der Waals surface area contributed by atoms with Crippen LogP contribution >= 0.6 is 0 Å². The van der Waals surface area contributed by atoms with Crippen LogP contribution in [0.3, 0.4) is 0 Å². The molecule has 0 aromatic heterocycles. The van der Waals surface area contributed by atoms with E-state index >= 15 is 0 Å². The molecule has 2 N–H and O–H groups in total. The molecule has 0 bridgehead atoms. The Kier molecular flexibility index (Phi) is 6.30. The van der Waals surface area contributed by atoms with Crippen LogP contribution in [0.15, 0.2) is 121 Å². The molecule has 4 aromatic rings. The fourth-order valence-corrected chi connectivity index (χ4v) is 11.7. The first-order chi connectivity index (χ1) is 14.6. The summed E-state index contributed by atoms with van der Waals surface area (Å²) in [4.78, 5) is 0. The Morgan fingerprint density at radius 1 is 0.500 bits per heavy atom. The molecule has 30 heavy (non-hydrogen) atoms. The molecular weight excluding hydrogens is 428 g/mol. The second kappa shape index (κ2) is 9.10. The van der Waals surface area contributed by atoms with Gasteiger partial charge in [0.25, 0.3) is 0 Å². The van der Waals surface area contributed by atoms with Crippen LogP contribution in [-0.4, -0.2) is 15.7 Å². The molecule has 0 amide bonds. The summed E-state index contributed by atoms with van der Waals surface area (Å²) >= 11 is -5.17. The van der Waals surface area contributed by atoms with Crippen LogP contribution < -0.4 is 18.9 Å². The summed E-state index contributed by atoms with van der Waals surface area (Å²) < 4.78 is 34.1. The van der Waals surface area contributed by atoms with E-state index in [2.05, 4.69) is 0 Å². The van der Waals surface area contributed by atoms with Gasteiger partial charge in [0.2, 0.25) is 0 Å². The molecule has 4 rings (SSSR count). The molecule has 4 aromatic carbocycles. The van der Waals surface area contributed by atoms with Crippen molar-refractivity contribution in [3.63, 3.8) is 0 Å². The number of hydrogen-bond donors (Lipinski definition) is 2. The third kappa shape index (κ3) is 4.47. The van der Waals surface area contributed by atoms with Gasteiger partial charge >= 0.3 is 183 Å². The molecule has 0 radical (unpaired) electrons. The maximum atomic E-state index is 11.0. The van der Waals surface area contributed by atoms with Gasteiger partial charge in [0, 0.05) is 0 Å². The second-order valence-corrected chi connectivity index (χ2v) is 13.1. The van der Waals surface area contributed by atoms with E-state index in [-0.39, 0.29) is 0 Å². The van der Waals surface area contributed by atoms with Crippen LogP contribution in [-0.2, 0) is 21.1 Å². The van der Waals surface area contributed by atoms with E-state index in [0.29, 0.717) is 5.75 Å². The molecule has 0 heterocycles. The van der Waals surface area contributed by atoms with Crippen molar-refractivity contribution in [2.45, 2.75) is 0 Å². The summed E-state index contributed by atoms with van der Waals surface area (Å²) in [7, 11) is -3.25. The van der Waals surface area contributed by atoms with Gasteiger partial charge in [0.15, 0.2) is 0 Å². The summed E-state index contributed by atoms with van der Waals surface area (Å²) in [6, 6.07) is 38.1. The van der Waals surface area contributed by atoms with Crippen molar-refractivity contribution >= 4 is 23.9 Å². The molecule has 0 atom stereocenters. The van der Waals surface area contributed by atoms with E-state index in [4.69, 9.17) is 6.33 Å². The second-order valence-electron chi connectivity index (χ2n) is 6.84. The average molecular weight is 450 g/mol. The average Bonchev–Trinajstić information content (AvgIpc) is 2.80. The first kappa shape index (κ1) is 20.8. The van der Waals surface area contributed by atoms with E-state index in [1.54, 1.807) is 24.3 Å². The molecular formula is C24H22O4SiTi. The molecule has 6 heteroatoms. The first-order valence-electron chi connectivity index (χ1n) is 9.66. The van der Waals surface area contributed by atoms with E-state index in [9.17, 15) is 7.38 Å². The zero-order valence-corrected chi connectivity index (χ0v) is 18.8. The van der Waals surface area contributed by atoms with Gasteiger partial charge in [-0.1, -0.05) is 0 Å². The number of benzene rings is 4. The maximum absolute atomic E-state index is 11.0. The van der Waals surface area contributed by atoms with E-state index in [0.717, 1.165) is 15.6 Å². The monoisotopic (exact) mass is 450 g/mol. The summed E-state index contributed by atoms with van der Waals surface area (Å²) in [5.74, 6) is 0.375. The van der Waals surface area contributed by atoms with Crippen molar-refractivity contribution in [2.24, 2.45) is 0 Å². The van der Waals surface area contributed by atoms with E-state index in [1.165, 1.54) is 0 Å². The summed E-state index contributed by atoms with van der Waals surface area (Å²) in [6.07, 6.45) is 0. The molecule has 0 spiro atoms. The fourth-order valence-electron chi connectivity index (χ4n) is 3.56. The minimum atomic E-state index is -5.17. The molecule has 4 nitrogen and oxygen atoms in total. The van der Waals surface area contributed by atoms with Gasteiger partial charge in [0.05, 0.1) is 0 Å². The Bertz CT molecular complexity index is 965. The van der Waals surface area contributed by atoms with Gasteiger partial charge in [0.1, 0.15) is 0 Å². The Hall–Kier alpha value is -2.51. The van der Waals surface area contributed by atoms with Crippen LogP contribution in [0, 0.1) is 0 Å². The van der Waals surface area contributed by atoms with Crippen LogP contribution in [0.2, 0.25) is 0 Å². The topological polar surface area (TPSA) is 58.9 Å². The SMILES string of the molecule is [OH][Ti]([OH])([O]c1ccccc1)[O][Si](c1ccccc1)(c1ccccc1)c1ccccc1. The predicted octanol–water partition coefficient (Wildman–Crippen LogP) is 2.55. The fraction of sp³-hybridized carbons (Fsp3) is 0. The van der Waals surface area contributed by atoms with Crippen molar-refractivity contribution in [2.75, 3.05) is 0 Å². The standard InChI is InChI=1S/C18H15OSi.C6H6O.2H2O.Ti/c19-20(16-10-4-1-5-11-16,17-12-6-2-7-13-17)18-14-8-3-9-15-18;7-6-4-2-1-3-5-6;;;/h1-15H;1-5,7H;2*1H2;/q-1;;;;+4/p-3. The predicted molar refractivity (Wildman–Crippen MR) is 117 cm³/mol. The van der Waals surface area contributed by atoms with Gasteiger partial charge in [-0.15, -0.1) is 0 Å². The quantitative estimate of drug-likeness (QED) is 0.336. The van der Waals surface area contributed by atoms with Crippen molar-refractivity contribution < 1.29 is 31.8 Å². The summed E-state index contributed by atoms with van der Waals surface area (Å²) in [5.41, 5.74) is 0. The van der Waals surface area contributed by atoms with Crippen molar-refractivity contribution in [1.29, 1.82) is 0 Å². The van der Waals surface area contributed by atoms with Crippen molar-refractivity contribution in [3.8, 4) is 5.75 Å². The molecule has 0 aliphatic heterocycles. The Morgan fingerprint density at radius 3 is 1.20 bits per heavy atom. The molecule has 0 saturated heterocycles. The van der Waals surface area contributed by atoms with Gasteiger partial charge in [-0.3, -0.25) is 0 Å². The van der Waals surface area contributed by atoms with Gasteiger partial charge in [-0.05, 0) is 0 Å². The molecule has 0 fully saturated rings. The number of hydrogen-bond acceptors (Lipinski definition) is 4. The van der Waals surface area contributed by atoms with Crippen LogP contribution in [0.5, 0.6) is 5.75 Å². The van der Waals surface area contributed by atoms with Gasteiger partial charge in [-0.25, -0.2) is 0 Å². The summed E-state index contributed by atoms with van der Waals surface area (Å²) in [6.45, 7) is 0. The van der Waals surface area contributed by atoms with Crippen molar-refractivity contribution in [1.82, 2.24) is 0 Å². The van der Waals surface area contributed by atoms with Crippen LogP contribution in [0.25, 0.3) is 0 Å². The van der Waals surface area contributed by atoms with Gasteiger partial charge in [-0.2, -0.15) is 0 Å². The Labute approximate surface area is 182 Å². The number of rotatable bonds is 7. The molecule has 0 aliphatic rings. The number of para-hydroxylation sites is 1. The van der Waals surface area contributed by atoms with E-state index in [1.807, 2.05) is 97.1 Å². The Morgan fingerprint density at radius 2 is 0.833 bits per heavy atom. The third-order valence-corrected chi connectivity index (χ3v) is 12.3. The van der Waals surface area contributed by atoms with Crippen molar-refractivity contribution in [3.05, 3.63) is 121 Å². The van der Waals surface area contributed by atoms with Crippen LogP contribution in [0.4, 0.5) is 0 Å². The normalized spacial score (nSPS) is 11.8. The van der Waals surface area contributed by atoms with E-state index < -0.39 is 26.5 Å². The summed E-state index contributed by atoms with van der Waals surface area (Å²) in [5, 5.41) is 2.74. The minimum absolute atomic E-state index is 0.375. The molecule has 0 unspecified atom stereocenters. The molecule has 150 valence electrons. The zero-order chi connectivity index (χ0) is 20.9. The zero-order valence-electron chi connectivity index (χ0n) is 16.3. The Balaban J connectivity index is 1.89. The molecule has 0 saturated carbocycles. The first-order valence-corrected chi connectivity index (χ1v) is 14.2. The van der Waals surface area contributed by atoms with Gasteiger partial charge < -0.3 is 0 Å².